The number of hydrogen-bond acceptors (Lipinski definition) is 3. The zero-order valence-electron chi connectivity index (χ0n) is 10.1. The molecule has 0 saturated heterocycles. The van der Waals surface area contributed by atoms with Crippen LogP contribution in [0.3, 0.4) is 0 Å². The molecule has 96 valence electrons. The molecule has 3 aromatic rings. The normalized spacial score (nSPS) is 11.1. The lowest BCUT2D eigenvalue weighted by atomic mass is 10.2. The lowest BCUT2D eigenvalue weighted by molar-refractivity contribution is 0.267. The number of fused-ring (bicyclic) bond motifs is 1. The molecule has 1 N–H and O–H groups in total. The van der Waals surface area contributed by atoms with Gasteiger partial charge in [-0.15, -0.1) is 0 Å². The minimum Gasteiger partial charge on any atom is -0.388 e. The molecule has 19 heavy (non-hydrogen) atoms. The van der Waals surface area contributed by atoms with Crippen LogP contribution < -0.4 is 0 Å². The third-order valence-electron chi connectivity index (χ3n) is 2.98. The van der Waals surface area contributed by atoms with Crippen LogP contribution in [0.5, 0.6) is 0 Å². The molecule has 0 radical (unpaired) electrons. The Balaban J connectivity index is 2.06. The first-order valence-corrected chi connectivity index (χ1v) is 6.72. The van der Waals surface area contributed by atoms with Gasteiger partial charge in [0.25, 0.3) is 0 Å². The summed E-state index contributed by atoms with van der Waals surface area (Å²) in [6.07, 6.45) is 1.74. The van der Waals surface area contributed by atoms with Gasteiger partial charge in [0.15, 0.2) is 5.65 Å². The van der Waals surface area contributed by atoms with Crippen LogP contribution >= 0.6 is 15.9 Å². The van der Waals surface area contributed by atoms with Gasteiger partial charge in [0.2, 0.25) is 0 Å². The highest BCUT2D eigenvalue weighted by atomic mass is 79.9. The fourth-order valence-corrected chi connectivity index (χ4v) is 2.33. The Kier molecular flexibility index (Phi) is 3.31. The van der Waals surface area contributed by atoms with E-state index in [0.29, 0.717) is 12.4 Å². The first-order chi connectivity index (χ1) is 9.28. The van der Waals surface area contributed by atoms with Gasteiger partial charge in [-0.05, 0) is 29.8 Å². The molecule has 3 rings (SSSR count). The van der Waals surface area contributed by atoms with E-state index in [1.54, 1.807) is 6.20 Å². The molecule has 0 saturated carbocycles. The quantitative estimate of drug-likeness (QED) is 0.808. The number of aliphatic hydroxyl groups excluding tert-OH is 1. The van der Waals surface area contributed by atoms with Crippen molar-refractivity contribution < 1.29 is 5.11 Å². The van der Waals surface area contributed by atoms with Crippen LogP contribution in [0.2, 0.25) is 0 Å². The fraction of sp³-hybridized carbons (Fsp3) is 0.143. The molecular weight excluding hydrogens is 306 g/mol. The average Bonchev–Trinajstić information content (AvgIpc) is 2.79. The van der Waals surface area contributed by atoms with E-state index in [0.717, 1.165) is 21.2 Å². The summed E-state index contributed by atoms with van der Waals surface area (Å²) in [4.78, 5) is 8.73. The smallest absolute Gasteiger partial charge is 0.160 e. The maximum absolute atomic E-state index is 9.42. The molecule has 0 aliphatic carbocycles. The molecule has 0 fully saturated rings. The molecular formula is C14H12BrN3O. The Bertz CT molecular complexity index is 706. The Morgan fingerprint density at radius 2 is 1.95 bits per heavy atom. The SMILES string of the molecule is OCc1nc2cccnc2n1Cc1ccc(Br)cc1. The highest BCUT2D eigenvalue weighted by Gasteiger charge is 2.10. The average molecular weight is 318 g/mol. The molecule has 0 bridgehead atoms. The van der Waals surface area contributed by atoms with Crippen LogP contribution in [0.25, 0.3) is 11.2 Å². The van der Waals surface area contributed by atoms with Crippen molar-refractivity contribution >= 4 is 27.1 Å². The van der Waals surface area contributed by atoms with E-state index in [1.165, 1.54) is 0 Å². The number of hydrogen-bond donors (Lipinski definition) is 1. The van der Waals surface area contributed by atoms with Crippen molar-refractivity contribution in [3.63, 3.8) is 0 Å². The molecule has 0 amide bonds. The van der Waals surface area contributed by atoms with Crippen LogP contribution in [-0.4, -0.2) is 19.6 Å². The molecule has 0 unspecified atom stereocenters. The summed E-state index contributed by atoms with van der Waals surface area (Å²) in [7, 11) is 0. The Labute approximate surface area is 118 Å². The Morgan fingerprint density at radius 3 is 2.68 bits per heavy atom. The van der Waals surface area contributed by atoms with Crippen molar-refractivity contribution in [2.75, 3.05) is 0 Å². The second-order valence-electron chi connectivity index (χ2n) is 4.24. The van der Waals surface area contributed by atoms with Gasteiger partial charge in [-0.2, -0.15) is 0 Å². The van der Waals surface area contributed by atoms with Gasteiger partial charge in [0.05, 0.1) is 6.54 Å². The van der Waals surface area contributed by atoms with Crippen LogP contribution in [0, 0.1) is 0 Å². The van der Waals surface area contributed by atoms with Gasteiger partial charge in [0, 0.05) is 10.7 Å². The monoisotopic (exact) mass is 317 g/mol. The molecule has 1 aromatic carbocycles. The van der Waals surface area contributed by atoms with Gasteiger partial charge in [0.1, 0.15) is 17.9 Å². The molecule has 0 atom stereocenters. The van der Waals surface area contributed by atoms with Crippen molar-refractivity contribution in [1.82, 2.24) is 14.5 Å². The number of halogens is 1. The highest BCUT2D eigenvalue weighted by Crippen LogP contribution is 2.17. The minimum atomic E-state index is -0.0904. The van der Waals surface area contributed by atoms with E-state index in [2.05, 4.69) is 25.9 Å². The van der Waals surface area contributed by atoms with Crippen molar-refractivity contribution in [2.45, 2.75) is 13.2 Å². The summed E-state index contributed by atoms with van der Waals surface area (Å²) in [5, 5.41) is 9.42. The summed E-state index contributed by atoms with van der Waals surface area (Å²) in [5.74, 6) is 0.636. The number of rotatable bonds is 3. The van der Waals surface area contributed by atoms with Crippen LogP contribution in [0.1, 0.15) is 11.4 Å². The summed E-state index contributed by atoms with van der Waals surface area (Å²) in [6, 6.07) is 11.8. The Hall–Kier alpha value is -1.72. The molecule has 0 aliphatic rings. The number of imidazole rings is 1. The summed E-state index contributed by atoms with van der Waals surface area (Å²) >= 11 is 3.42. The molecule has 0 spiro atoms. The molecule has 0 aliphatic heterocycles. The van der Waals surface area contributed by atoms with Gasteiger partial charge in [-0.25, -0.2) is 9.97 Å². The van der Waals surface area contributed by atoms with Gasteiger partial charge < -0.3 is 9.67 Å². The highest BCUT2D eigenvalue weighted by molar-refractivity contribution is 9.10. The third kappa shape index (κ3) is 2.39. The lowest BCUT2D eigenvalue weighted by Gasteiger charge is -2.07. The zero-order valence-corrected chi connectivity index (χ0v) is 11.7. The van der Waals surface area contributed by atoms with Gasteiger partial charge in [-0.1, -0.05) is 28.1 Å². The van der Waals surface area contributed by atoms with Crippen molar-refractivity contribution in [2.24, 2.45) is 0 Å². The molecule has 2 aromatic heterocycles. The number of pyridine rings is 1. The van der Waals surface area contributed by atoms with E-state index in [9.17, 15) is 5.11 Å². The van der Waals surface area contributed by atoms with Crippen molar-refractivity contribution in [3.05, 3.63) is 58.5 Å². The summed E-state index contributed by atoms with van der Waals surface area (Å²) in [5.41, 5.74) is 2.75. The number of aromatic nitrogens is 3. The molecule has 2 heterocycles. The van der Waals surface area contributed by atoms with E-state index in [4.69, 9.17) is 0 Å². The third-order valence-corrected chi connectivity index (χ3v) is 3.51. The van der Waals surface area contributed by atoms with Crippen LogP contribution in [-0.2, 0) is 13.2 Å². The van der Waals surface area contributed by atoms with E-state index >= 15 is 0 Å². The first kappa shape index (κ1) is 12.3. The first-order valence-electron chi connectivity index (χ1n) is 5.93. The second-order valence-corrected chi connectivity index (χ2v) is 5.16. The van der Waals surface area contributed by atoms with Crippen molar-refractivity contribution in [3.8, 4) is 0 Å². The van der Waals surface area contributed by atoms with Crippen LogP contribution in [0.4, 0.5) is 0 Å². The molecule has 5 heteroatoms. The van der Waals surface area contributed by atoms with Gasteiger partial charge >= 0.3 is 0 Å². The lowest BCUT2D eigenvalue weighted by Crippen LogP contribution is -2.05. The standard InChI is InChI=1S/C14H12BrN3O/c15-11-5-3-10(4-6-11)8-18-13(9-19)17-12-2-1-7-16-14(12)18/h1-7,19H,8-9H2. The maximum Gasteiger partial charge on any atom is 0.160 e. The zero-order chi connectivity index (χ0) is 13.2. The maximum atomic E-state index is 9.42. The van der Waals surface area contributed by atoms with E-state index < -0.39 is 0 Å². The number of benzene rings is 1. The predicted octanol–water partition coefficient (Wildman–Crippen LogP) is 2.73. The van der Waals surface area contributed by atoms with Crippen LogP contribution in [0.15, 0.2) is 47.1 Å². The predicted molar refractivity (Wildman–Crippen MR) is 76.7 cm³/mol. The minimum absolute atomic E-state index is 0.0904. The van der Waals surface area contributed by atoms with E-state index in [-0.39, 0.29) is 6.61 Å². The van der Waals surface area contributed by atoms with E-state index in [1.807, 2.05) is 41.0 Å². The second kappa shape index (κ2) is 5.11. The number of aliphatic hydroxyl groups is 1. The topological polar surface area (TPSA) is 50.9 Å². The summed E-state index contributed by atoms with van der Waals surface area (Å²) in [6.45, 7) is 0.559. The number of nitrogens with zero attached hydrogens (tertiary/aromatic N) is 3. The Morgan fingerprint density at radius 1 is 1.16 bits per heavy atom. The van der Waals surface area contributed by atoms with Gasteiger partial charge in [-0.3, -0.25) is 0 Å². The largest absolute Gasteiger partial charge is 0.388 e. The molecule has 4 nitrogen and oxygen atoms in total. The fourth-order valence-electron chi connectivity index (χ4n) is 2.06. The summed E-state index contributed by atoms with van der Waals surface area (Å²) < 4.78 is 2.99. The van der Waals surface area contributed by atoms with Crippen molar-refractivity contribution in [1.29, 1.82) is 0 Å².